The molecule has 0 radical (unpaired) electrons. The Kier molecular flexibility index (Phi) is 4.98. The highest BCUT2D eigenvalue weighted by Gasteiger charge is 2.47. The average molecular weight is 445 g/mol. The summed E-state index contributed by atoms with van der Waals surface area (Å²) in [7, 11) is 0. The number of halogens is 5. The predicted molar refractivity (Wildman–Crippen MR) is 95.2 cm³/mol. The molecule has 0 saturated carbocycles. The minimum Gasteiger partial charge on any atom is -0.304 e. The van der Waals surface area contributed by atoms with Crippen LogP contribution < -0.4 is 9.80 Å². The summed E-state index contributed by atoms with van der Waals surface area (Å²) in [6.07, 6.45) is -5.06. The second-order valence-electron chi connectivity index (χ2n) is 6.05. The van der Waals surface area contributed by atoms with Gasteiger partial charge in [-0.3, -0.25) is 14.5 Å². The first-order valence-electron chi connectivity index (χ1n) is 7.87. The van der Waals surface area contributed by atoms with E-state index in [9.17, 15) is 27.2 Å². The van der Waals surface area contributed by atoms with E-state index < -0.39 is 29.8 Å². The third-order valence-corrected chi connectivity index (χ3v) is 4.68. The number of amides is 2. The van der Waals surface area contributed by atoms with E-state index >= 15 is 0 Å². The van der Waals surface area contributed by atoms with Crippen LogP contribution in [0, 0.1) is 5.82 Å². The van der Waals surface area contributed by atoms with Crippen molar-refractivity contribution in [1.82, 2.24) is 0 Å². The normalized spacial score (nSPS) is 16.9. The Morgan fingerprint density at radius 1 is 1.11 bits per heavy atom. The Morgan fingerprint density at radius 3 is 2.41 bits per heavy atom. The van der Waals surface area contributed by atoms with Crippen LogP contribution in [0.15, 0.2) is 46.9 Å². The molecule has 27 heavy (non-hydrogen) atoms. The number of hydrogen-bond donors (Lipinski definition) is 0. The third-order valence-electron chi connectivity index (χ3n) is 4.19. The summed E-state index contributed by atoms with van der Waals surface area (Å²) in [6.45, 7) is 1.19. The predicted octanol–water partition coefficient (Wildman–Crippen LogP) is 4.53. The highest BCUT2D eigenvalue weighted by molar-refractivity contribution is 9.10. The molecule has 0 aromatic heterocycles. The molecule has 0 spiro atoms. The molecule has 2 amide bonds. The number of hydrogen-bond acceptors (Lipinski definition) is 2. The number of benzene rings is 2. The lowest BCUT2D eigenvalue weighted by molar-refractivity contribution is -0.170. The van der Waals surface area contributed by atoms with Gasteiger partial charge in [0.05, 0.1) is 23.0 Å². The van der Waals surface area contributed by atoms with E-state index in [1.54, 1.807) is 0 Å². The Hall–Kier alpha value is -2.42. The van der Waals surface area contributed by atoms with Crippen LogP contribution in [-0.4, -0.2) is 30.6 Å². The van der Waals surface area contributed by atoms with Gasteiger partial charge in [-0.1, -0.05) is 28.1 Å². The lowest BCUT2D eigenvalue weighted by Gasteiger charge is -2.41. The van der Waals surface area contributed by atoms with E-state index in [0.29, 0.717) is 9.37 Å². The molecule has 3 rings (SSSR count). The van der Waals surface area contributed by atoms with Gasteiger partial charge >= 0.3 is 12.1 Å². The highest BCUT2D eigenvalue weighted by atomic mass is 79.9. The van der Waals surface area contributed by atoms with Crippen LogP contribution in [0.25, 0.3) is 0 Å². The van der Waals surface area contributed by atoms with E-state index in [4.69, 9.17) is 0 Å². The molecule has 4 nitrogen and oxygen atoms in total. The fourth-order valence-electron chi connectivity index (χ4n) is 3.02. The van der Waals surface area contributed by atoms with E-state index in [1.165, 1.54) is 48.2 Å². The Bertz CT molecular complexity index is 916. The smallest absolute Gasteiger partial charge is 0.304 e. The zero-order valence-corrected chi connectivity index (χ0v) is 15.5. The van der Waals surface area contributed by atoms with Crippen LogP contribution in [0.1, 0.15) is 17.3 Å². The average Bonchev–Trinajstić information content (AvgIpc) is 2.60. The number of fused-ring (bicyclic) bond motifs is 1. The first-order chi connectivity index (χ1) is 12.6. The van der Waals surface area contributed by atoms with Gasteiger partial charge in [0.15, 0.2) is 0 Å². The first-order valence-corrected chi connectivity index (χ1v) is 8.67. The van der Waals surface area contributed by atoms with Gasteiger partial charge in [-0.2, -0.15) is 13.2 Å². The topological polar surface area (TPSA) is 40.6 Å². The summed E-state index contributed by atoms with van der Waals surface area (Å²) in [5.74, 6) is -3.45. The van der Waals surface area contributed by atoms with Crippen LogP contribution in [0.5, 0.6) is 0 Å². The van der Waals surface area contributed by atoms with Crippen molar-refractivity contribution in [3.05, 3.63) is 58.3 Å². The molecule has 9 heteroatoms. The van der Waals surface area contributed by atoms with Crippen molar-refractivity contribution < 1.29 is 27.2 Å². The zero-order valence-electron chi connectivity index (χ0n) is 13.9. The lowest BCUT2D eigenvalue weighted by Crippen LogP contribution is -2.55. The maximum absolute atomic E-state index is 14.0. The monoisotopic (exact) mass is 444 g/mol. The molecular weight excluding hydrogens is 432 g/mol. The number of alkyl halides is 3. The van der Waals surface area contributed by atoms with Crippen LogP contribution in [-0.2, 0) is 4.79 Å². The van der Waals surface area contributed by atoms with Gasteiger partial charge in [-0.05, 0) is 37.3 Å². The summed E-state index contributed by atoms with van der Waals surface area (Å²) in [5.41, 5.74) is -0.177. The molecule has 0 aliphatic carbocycles. The highest BCUT2D eigenvalue weighted by Crippen LogP contribution is 2.40. The second-order valence-corrected chi connectivity index (χ2v) is 6.97. The SMILES string of the molecule is CC1CN(C(=O)c2ccccc2F)c2cc(Br)ccc2N1C(=O)C(F)(F)F. The fourth-order valence-corrected chi connectivity index (χ4v) is 3.37. The van der Waals surface area contributed by atoms with Crippen molar-refractivity contribution >= 4 is 39.1 Å². The molecule has 2 aromatic carbocycles. The van der Waals surface area contributed by atoms with Gasteiger partial charge in [0, 0.05) is 11.0 Å². The lowest BCUT2D eigenvalue weighted by atomic mass is 10.1. The van der Waals surface area contributed by atoms with Gasteiger partial charge in [0.25, 0.3) is 5.91 Å². The van der Waals surface area contributed by atoms with Crippen LogP contribution in [0.3, 0.4) is 0 Å². The summed E-state index contributed by atoms with van der Waals surface area (Å²) in [5, 5.41) is 0. The molecule has 142 valence electrons. The van der Waals surface area contributed by atoms with Crippen LogP contribution >= 0.6 is 15.9 Å². The quantitative estimate of drug-likeness (QED) is 0.606. The number of carbonyl (C=O) groups is 2. The van der Waals surface area contributed by atoms with E-state index in [0.717, 1.165) is 6.07 Å². The largest absolute Gasteiger partial charge is 0.471 e. The Balaban J connectivity index is 2.11. The van der Waals surface area contributed by atoms with Gasteiger partial charge in [-0.15, -0.1) is 0 Å². The minimum absolute atomic E-state index is 0.0658. The molecule has 1 aliphatic heterocycles. The molecule has 2 aromatic rings. The van der Waals surface area contributed by atoms with Crippen LogP contribution in [0.2, 0.25) is 0 Å². The summed E-state index contributed by atoms with van der Waals surface area (Å²) in [4.78, 5) is 26.6. The number of rotatable bonds is 1. The maximum atomic E-state index is 14.0. The number of anilines is 2. The molecule has 0 bridgehead atoms. The van der Waals surface area contributed by atoms with Gasteiger partial charge in [-0.25, -0.2) is 4.39 Å². The molecular formula is C18H13BrF4N2O2. The summed E-state index contributed by atoms with van der Waals surface area (Å²) in [6, 6.07) is 8.61. The van der Waals surface area contributed by atoms with Crippen molar-refractivity contribution in [3.8, 4) is 0 Å². The van der Waals surface area contributed by atoms with Crippen molar-refractivity contribution in [2.24, 2.45) is 0 Å². The third kappa shape index (κ3) is 3.55. The standard InChI is InChI=1S/C18H13BrF4N2O2/c1-10-9-24(16(26)12-4-2-3-5-13(12)20)15-8-11(19)6-7-14(15)25(10)17(27)18(21,22)23/h2-8,10H,9H2,1H3. The minimum atomic E-state index is -5.06. The number of nitrogens with zero attached hydrogens (tertiary/aromatic N) is 2. The van der Waals surface area contributed by atoms with Gasteiger partial charge in [0.1, 0.15) is 5.82 Å². The second kappa shape index (κ2) is 6.95. The molecule has 0 saturated heterocycles. The van der Waals surface area contributed by atoms with Crippen LogP contribution in [0.4, 0.5) is 28.9 Å². The summed E-state index contributed by atoms with van der Waals surface area (Å²) < 4.78 is 53.6. The van der Waals surface area contributed by atoms with Gasteiger partial charge in [0.2, 0.25) is 0 Å². The Labute approximate surface area is 160 Å². The molecule has 1 unspecified atom stereocenters. The van der Waals surface area contributed by atoms with Gasteiger partial charge < -0.3 is 4.90 Å². The van der Waals surface area contributed by atoms with E-state index in [2.05, 4.69) is 15.9 Å². The van der Waals surface area contributed by atoms with Crippen molar-refractivity contribution in [2.45, 2.75) is 19.1 Å². The van der Waals surface area contributed by atoms with E-state index in [-0.39, 0.29) is 23.5 Å². The Morgan fingerprint density at radius 2 is 1.78 bits per heavy atom. The van der Waals surface area contributed by atoms with Crippen molar-refractivity contribution in [3.63, 3.8) is 0 Å². The fraction of sp³-hybridized carbons (Fsp3) is 0.222. The molecule has 0 N–H and O–H groups in total. The first kappa shape index (κ1) is 19.3. The number of carbonyl (C=O) groups excluding carboxylic acids is 2. The zero-order chi connectivity index (χ0) is 19.9. The summed E-state index contributed by atoms with van der Waals surface area (Å²) >= 11 is 3.21. The molecule has 0 fully saturated rings. The van der Waals surface area contributed by atoms with E-state index in [1.807, 2.05) is 0 Å². The maximum Gasteiger partial charge on any atom is 0.471 e. The van der Waals surface area contributed by atoms with Crippen molar-refractivity contribution in [2.75, 3.05) is 16.3 Å². The molecule has 1 atom stereocenters. The molecule has 1 heterocycles. The van der Waals surface area contributed by atoms with Crippen molar-refractivity contribution in [1.29, 1.82) is 0 Å². The molecule has 1 aliphatic rings.